The van der Waals surface area contributed by atoms with E-state index in [0.717, 1.165) is 19.3 Å². The second-order valence-electron chi connectivity index (χ2n) is 10.1. The molecule has 0 aliphatic heterocycles. The van der Waals surface area contributed by atoms with Crippen molar-refractivity contribution in [2.24, 2.45) is 0 Å². The van der Waals surface area contributed by atoms with Gasteiger partial charge in [-0.2, -0.15) is 0 Å². The van der Waals surface area contributed by atoms with E-state index in [1.165, 1.54) is 96.2 Å². The van der Waals surface area contributed by atoms with E-state index in [1.807, 2.05) is 0 Å². The molecule has 1 amide bonds. The molecular formula is C27H50NO6S2-. The summed E-state index contributed by atoms with van der Waals surface area (Å²) >= 11 is 1.30. The third kappa shape index (κ3) is 26.0. The number of esters is 1. The number of hydrogen-bond acceptors (Lipinski definition) is 7. The largest absolute Gasteiger partial charge is 0.748 e. The molecule has 0 atom stereocenters. The summed E-state index contributed by atoms with van der Waals surface area (Å²) in [6.45, 7) is 5.66. The summed E-state index contributed by atoms with van der Waals surface area (Å²) in [4.78, 5) is 23.7. The Hall–Kier alpha value is -1.06. The Labute approximate surface area is 224 Å². The van der Waals surface area contributed by atoms with Gasteiger partial charge >= 0.3 is 5.97 Å². The molecule has 0 saturated carbocycles. The lowest BCUT2D eigenvalue weighted by atomic mass is 10.1. The number of rotatable bonds is 24. The zero-order valence-electron chi connectivity index (χ0n) is 22.9. The molecule has 0 saturated heterocycles. The van der Waals surface area contributed by atoms with Crippen LogP contribution in [0.15, 0.2) is 12.2 Å². The van der Waals surface area contributed by atoms with E-state index in [-0.39, 0.29) is 24.1 Å². The summed E-state index contributed by atoms with van der Waals surface area (Å²) in [6, 6.07) is 0. The highest BCUT2D eigenvalue weighted by Crippen LogP contribution is 2.11. The first-order valence-corrected chi connectivity index (χ1v) is 16.4. The van der Waals surface area contributed by atoms with E-state index < -0.39 is 21.4 Å². The SMILES string of the molecule is CCCCCCCC/C=C/CCCCCCCCOC(=O)CSCCC(=O)NC(C)(C)CS(=O)(=O)[O-]. The molecule has 0 radical (unpaired) electrons. The van der Waals surface area contributed by atoms with Crippen molar-refractivity contribution in [1.29, 1.82) is 0 Å². The molecular weight excluding hydrogens is 498 g/mol. The van der Waals surface area contributed by atoms with Gasteiger partial charge in [0.25, 0.3) is 0 Å². The number of allylic oxidation sites excluding steroid dienone is 2. The molecule has 7 nitrogen and oxygen atoms in total. The van der Waals surface area contributed by atoms with Gasteiger partial charge < -0.3 is 14.6 Å². The molecule has 0 spiro atoms. The molecule has 212 valence electrons. The molecule has 0 aromatic heterocycles. The van der Waals surface area contributed by atoms with Crippen LogP contribution in [-0.4, -0.2) is 54.3 Å². The first kappa shape index (κ1) is 34.9. The van der Waals surface area contributed by atoms with E-state index in [2.05, 4.69) is 24.4 Å². The van der Waals surface area contributed by atoms with Crippen LogP contribution in [0.4, 0.5) is 0 Å². The Bertz CT molecular complexity index is 707. The number of carbonyl (C=O) groups excluding carboxylic acids is 2. The zero-order chi connectivity index (χ0) is 27.1. The Morgan fingerprint density at radius 1 is 0.889 bits per heavy atom. The molecule has 0 aliphatic carbocycles. The van der Waals surface area contributed by atoms with Crippen LogP contribution in [0.5, 0.6) is 0 Å². The van der Waals surface area contributed by atoms with Gasteiger partial charge in [-0.15, -0.1) is 11.8 Å². The Morgan fingerprint density at radius 2 is 1.42 bits per heavy atom. The number of unbranched alkanes of at least 4 members (excludes halogenated alkanes) is 12. The minimum Gasteiger partial charge on any atom is -0.748 e. The second kappa shape index (κ2) is 22.0. The van der Waals surface area contributed by atoms with Crippen molar-refractivity contribution in [3.05, 3.63) is 12.2 Å². The van der Waals surface area contributed by atoms with Gasteiger partial charge in [0.05, 0.1) is 28.2 Å². The molecule has 0 aromatic carbocycles. The molecule has 0 rings (SSSR count). The van der Waals surface area contributed by atoms with Gasteiger partial charge in [0.15, 0.2) is 0 Å². The van der Waals surface area contributed by atoms with Crippen molar-refractivity contribution >= 4 is 33.8 Å². The monoisotopic (exact) mass is 548 g/mol. The highest BCUT2D eigenvalue weighted by molar-refractivity contribution is 7.99. The number of carbonyl (C=O) groups is 2. The summed E-state index contributed by atoms with van der Waals surface area (Å²) < 4.78 is 37.8. The van der Waals surface area contributed by atoms with Crippen molar-refractivity contribution < 1.29 is 27.3 Å². The highest BCUT2D eigenvalue weighted by atomic mass is 32.2. The zero-order valence-corrected chi connectivity index (χ0v) is 24.5. The third-order valence-electron chi connectivity index (χ3n) is 5.63. The van der Waals surface area contributed by atoms with Crippen LogP contribution >= 0.6 is 11.8 Å². The number of thioether (sulfide) groups is 1. The molecule has 0 fully saturated rings. The standard InChI is InChI=1S/C27H51NO6S2/c1-4-5-6-7-8-9-10-11-12-13-14-15-16-17-18-19-21-34-26(30)23-35-22-20-25(29)28-27(2,3)24-36(31,32)33/h11-12H,4-10,13-24H2,1-3H3,(H,28,29)(H,31,32,33)/p-1/b12-11+. The van der Waals surface area contributed by atoms with E-state index in [4.69, 9.17) is 4.74 Å². The molecule has 36 heavy (non-hydrogen) atoms. The predicted octanol–water partition coefficient (Wildman–Crippen LogP) is 6.13. The van der Waals surface area contributed by atoms with Crippen LogP contribution in [0.3, 0.4) is 0 Å². The summed E-state index contributed by atoms with van der Waals surface area (Å²) in [5, 5.41) is 2.54. The summed E-state index contributed by atoms with van der Waals surface area (Å²) in [7, 11) is -4.42. The second-order valence-corrected chi connectivity index (χ2v) is 12.6. The Balaban J connectivity index is 3.50. The Morgan fingerprint density at radius 3 is 1.97 bits per heavy atom. The van der Waals surface area contributed by atoms with Gasteiger partial charge in [-0.1, -0.05) is 76.9 Å². The lowest BCUT2D eigenvalue weighted by molar-refractivity contribution is -0.140. The van der Waals surface area contributed by atoms with Gasteiger partial charge in [0.2, 0.25) is 5.91 Å². The predicted molar refractivity (Wildman–Crippen MR) is 149 cm³/mol. The van der Waals surface area contributed by atoms with Crippen LogP contribution < -0.4 is 5.32 Å². The third-order valence-corrected chi connectivity index (χ3v) is 7.64. The van der Waals surface area contributed by atoms with Gasteiger partial charge in [-0.3, -0.25) is 9.59 Å². The van der Waals surface area contributed by atoms with Crippen molar-refractivity contribution in [2.75, 3.05) is 23.9 Å². The molecule has 1 N–H and O–H groups in total. The summed E-state index contributed by atoms with van der Waals surface area (Å²) in [6.07, 6.45) is 22.1. The molecule has 0 unspecified atom stereocenters. The fraction of sp³-hybridized carbons (Fsp3) is 0.852. The van der Waals surface area contributed by atoms with E-state index in [0.29, 0.717) is 12.4 Å². The smallest absolute Gasteiger partial charge is 0.315 e. The maximum atomic E-state index is 11.9. The Kier molecular flexibility index (Phi) is 21.3. The van der Waals surface area contributed by atoms with Crippen LogP contribution in [0.2, 0.25) is 0 Å². The van der Waals surface area contributed by atoms with Gasteiger partial charge in [-0.05, 0) is 46.0 Å². The van der Waals surface area contributed by atoms with E-state index >= 15 is 0 Å². The van der Waals surface area contributed by atoms with Crippen molar-refractivity contribution in [2.45, 2.75) is 123 Å². The fourth-order valence-electron chi connectivity index (χ4n) is 3.82. The average Bonchev–Trinajstić information content (AvgIpc) is 2.76. The average molecular weight is 549 g/mol. The number of hydrogen-bond donors (Lipinski definition) is 1. The topological polar surface area (TPSA) is 113 Å². The highest BCUT2D eigenvalue weighted by Gasteiger charge is 2.23. The molecule has 0 heterocycles. The van der Waals surface area contributed by atoms with Gasteiger partial charge in [0, 0.05) is 17.7 Å². The lowest BCUT2D eigenvalue weighted by Gasteiger charge is -2.27. The van der Waals surface area contributed by atoms with Crippen molar-refractivity contribution in [3.8, 4) is 0 Å². The van der Waals surface area contributed by atoms with Crippen molar-refractivity contribution in [3.63, 3.8) is 0 Å². The van der Waals surface area contributed by atoms with Crippen LogP contribution in [0.1, 0.15) is 117 Å². The first-order chi connectivity index (χ1) is 17.1. The molecule has 0 bridgehead atoms. The number of ether oxygens (including phenoxy) is 1. The number of amides is 1. The lowest BCUT2D eigenvalue weighted by Crippen LogP contribution is -2.48. The minimum absolute atomic E-state index is 0.134. The van der Waals surface area contributed by atoms with E-state index in [1.54, 1.807) is 0 Å². The first-order valence-electron chi connectivity index (χ1n) is 13.7. The molecule has 0 aliphatic rings. The summed E-state index contributed by atoms with van der Waals surface area (Å²) in [5.74, 6) is -0.713. The maximum Gasteiger partial charge on any atom is 0.315 e. The summed E-state index contributed by atoms with van der Waals surface area (Å²) in [5.41, 5.74) is -1.12. The number of nitrogens with one attached hydrogen (secondary N) is 1. The van der Waals surface area contributed by atoms with Gasteiger partial charge in [0.1, 0.15) is 0 Å². The quantitative estimate of drug-likeness (QED) is 0.0668. The van der Waals surface area contributed by atoms with E-state index in [9.17, 15) is 22.6 Å². The van der Waals surface area contributed by atoms with Crippen LogP contribution in [-0.2, 0) is 24.4 Å². The van der Waals surface area contributed by atoms with Crippen LogP contribution in [0.25, 0.3) is 0 Å². The molecule has 9 heteroatoms. The molecule has 0 aromatic rings. The normalized spacial score (nSPS) is 12.2. The minimum atomic E-state index is -4.42. The van der Waals surface area contributed by atoms with Crippen molar-refractivity contribution in [1.82, 2.24) is 5.32 Å². The fourth-order valence-corrected chi connectivity index (χ4v) is 5.50. The maximum absolute atomic E-state index is 11.9. The van der Waals surface area contributed by atoms with Gasteiger partial charge in [-0.25, -0.2) is 8.42 Å². The van der Waals surface area contributed by atoms with Crippen LogP contribution in [0, 0.1) is 0 Å².